The van der Waals surface area contributed by atoms with Crippen LogP contribution in [0, 0.1) is 0 Å². The molecule has 2 aromatic carbocycles. The molecule has 0 bridgehead atoms. The zero-order chi connectivity index (χ0) is 24.2. The zero-order valence-corrected chi connectivity index (χ0v) is 20.2. The number of carbonyl (C=O) groups is 1. The largest absolute Gasteiger partial charge is 0.507 e. The number of benzene rings is 2. The van der Waals surface area contributed by atoms with E-state index in [-0.39, 0.29) is 11.7 Å². The lowest BCUT2D eigenvalue weighted by atomic mass is 9.84. The van der Waals surface area contributed by atoms with E-state index in [2.05, 4.69) is 22.5 Å². The maximum atomic E-state index is 12.7. The van der Waals surface area contributed by atoms with Crippen LogP contribution in [0.1, 0.15) is 66.1 Å². The Bertz CT molecular complexity index is 1330. The van der Waals surface area contributed by atoms with Crippen LogP contribution in [-0.4, -0.2) is 40.0 Å². The second-order valence-electron chi connectivity index (χ2n) is 9.53. The minimum absolute atomic E-state index is 0.0371. The van der Waals surface area contributed by atoms with Crippen LogP contribution in [0.15, 0.2) is 60.8 Å². The topological polar surface area (TPSA) is 79.5 Å². The van der Waals surface area contributed by atoms with E-state index in [9.17, 15) is 9.90 Å². The number of aromatic hydroxyl groups is 1. The Morgan fingerprint density at radius 1 is 1.09 bits per heavy atom. The third-order valence-corrected chi connectivity index (χ3v) is 7.05. The molecule has 2 N–H and O–H groups in total. The molecule has 6 nitrogen and oxygen atoms in total. The Hall–Kier alpha value is -3.61. The molecule has 7 heteroatoms. The molecule has 0 saturated heterocycles. The Kier molecular flexibility index (Phi) is 6.84. The van der Waals surface area contributed by atoms with E-state index in [0.29, 0.717) is 23.6 Å². The van der Waals surface area contributed by atoms with Crippen molar-refractivity contribution in [1.29, 1.82) is 0 Å². The molecule has 2 heterocycles. The number of phenols is 1. The van der Waals surface area contributed by atoms with E-state index in [0.717, 1.165) is 35.3 Å². The maximum Gasteiger partial charge on any atom is 0.251 e. The monoisotopic (exact) mass is 466 g/mol. The Morgan fingerprint density at radius 2 is 1.86 bits per heavy atom. The number of para-hydroxylation sites is 1. The number of aryl methyl sites for hydroxylation is 1. The fourth-order valence-corrected chi connectivity index (χ4v) is 5.06. The van der Waals surface area contributed by atoms with E-state index >= 15 is 0 Å². The highest BCUT2D eigenvalue weighted by atomic mass is 16.3. The standard InChI is InChI=1S/C28H31BN4O2/c29-24-18-31-33-22(17-25(32-27(24)33)23-10-4-5-11-26(23)34)9-6-16-30-28(35)21-14-12-20(13-15-21)19-7-2-1-3-8-19/h4-5,10-15,17-19,34H,1-3,6-9,16,29H2,(H,30,35). The molecule has 0 unspecified atom stereocenters. The molecule has 35 heavy (non-hydrogen) atoms. The predicted molar refractivity (Wildman–Crippen MR) is 141 cm³/mol. The molecular weight excluding hydrogens is 435 g/mol. The van der Waals surface area contributed by atoms with E-state index in [1.54, 1.807) is 18.3 Å². The van der Waals surface area contributed by atoms with Crippen LogP contribution in [0.5, 0.6) is 5.75 Å². The van der Waals surface area contributed by atoms with Gasteiger partial charge in [-0.2, -0.15) is 5.10 Å². The van der Waals surface area contributed by atoms with Crippen molar-refractivity contribution in [3.05, 3.63) is 77.6 Å². The lowest BCUT2D eigenvalue weighted by Crippen LogP contribution is -2.25. The molecule has 0 radical (unpaired) electrons. The van der Waals surface area contributed by atoms with Crippen molar-refractivity contribution in [1.82, 2.24) is 19.9 Å². The molecule has 0 spiro atoms. The van der Waals surface area contributed by atoms with Crippen molar-refractivity contribution >= 4 is 24.9 Å². The lowest BCUT2D eigenvalue weighted by Gasteiger charge is -2.22. The van der Waals surface area contributed by atoms with Gasteiger partial charge in [0.1, 0.15) is 19.2 Å². The van der Waals surface area contributed by atoms with Crippen LogP contribution in [0.3, 0.4) is 0 Å². The van der Waals surface area contributed by atoms with E-state index in [4.69, 9.17) is 4.98 Å². The molecule has 2 aromatic heterocycles. The second kappa shape index (κ2) is 10.3. The van der Waals surface area contributed by atoms with E-state index in [1.807, 2.05) is 42.7 Å². The Labute approximate surface area is 206 Å². The summed E-state index contributed by atoms with van der Waals surface area (Å²) in [6, 6.07) is 17.4. The van der Waals surface area contributed by atoms with Gasteiger partial charge in [-0.15, -0.1) is 0 Å². The highest BCUT2D eigenvalue weighted by Crippen LogP contribution is 2.32. The number of carbonyl (C=O) groups excluding carboxylic acids is 1. The zero-order valence-electron chi connectivity index (χ0n) is 20.2. The number of rotatable bonds is 7. The van der Waals surface area contributed by atoms with Crippen molar-refractivity contribution in [3.63, 3.8) is 0 Å². The van der Waals surface area contributed by atoms with Crippen molar-refractivity contribution in [2.75, 3.05) is 6.54 Å². The van der Waals surface area contributed by atoms with Crippen LogP contribution >= 0.6 is 0 Å². The Morgan fingerprint density at radius 3 is 2.63 bits per heavy atom. The first-order valence-electron chi connectivity index (χ1n) is 12.6. The predicted octanol–water partition coefficient (Wildman–Crippen LogP) is 3.77. The first-order valence-corrected chi connectivity index (χ1v) is 12.6. The first-order chi connectivity index (χ1) is 17.1. The number of fused-ring (bicyclic) bond motifs is 1. The minimum Gasteiger partial charge on any atom is -0.507 e. The quantitative estimate of drug-likeness (QED) is 0.321. The maximum absolute atomic E-state index is 12.7. The van der Waals surface area contributed by atoms with Gasteiger partial charge in [0.05, 0.1) is 5.69 Å². The number of hydrogen-bond acceptors (Lipinski definition) is 4. The van der Waals surface area contributed by atoms with Crippen molar-refractivity contribution in [2.24, 2.45) is 0 Å². The summed E-state index contributed by atoms with van der Waals surface area (Å²) in [6.07, 6.45) is 9.78. The highest BCUT2D eigenvalue weighted by Gasteiger charge is 2.16. The van der Waals surface area contributed by atoms with Gasteiger partial charge in [0.15, 0.2) is 0 Å². The first kappa shape index (κ1) is 23.2. The molecule has 1 aliphatic rings. The molecular formula is C28H31BN4O2. The third kappa shape index (κ3) is 5.09. The average Bonchev–Trinajstić information content (AvgIpc) is 3.28. The number of nitrogens with zero attached hydrogens (tertiary/aromatic N) is 3. The summed E-state index contributed by atoms with van der Waals surface area (Å²) < 4.78 is 1.85. The molecule has 0 atom stereocenters. The SMILES string of the molecule is Bc1cnn2c(CCCNC(=O)c3ccc(C4CCCCC4)cc3)cc(-c3ccccc3O)nc12. The highest BCUT2D eigenvalue weighted by molar-refractivity contribution is 6.36. The molecule has 0 aliphatic heterocycles. The van der Waals surface area contributed by atoms with Gasteiger partial charge in [-0.05, 0) is 73.0 Å². The van der Waals surface area contributed by atoms with Gasteiger partial charge in [-0.1, -0.05) is 43.5 Å². The summed E-state index contributed by atoms with van der Waals surface area (Å²) in [5, 5.41) is 17.9. The summed E-state index contributed by atoms with van der Waals surface area (Å²) in [4.78, 5) is 17.4. The Balaban J connectivity index is 1.23. The van der Waals surface area contributed by atoms with Gasteiger partial charge in [-0.25, -0.2) is 9.50 Å². The van der Waals surface area contributed by atoms with Crippen LogP contribution in [0.4, 0.5) is 0 Å². The number of hydrogen-bond donors (Lipinski definition) is 2. The molecule has 178 valence electrons. The molecule has 1 fully saturated rings. The normalized spacial score (nSPS) is 14.3. The van der Waals surface area contributed by atoms with Gasteiger partial charge < -0.3 is 10.4 Å². The van der Waals surface area contributed by atoms with Crippen LogP contribution in [0.2, 0.25) is 0 Å². The number of nitrogens with one attached hydrogen (secondary N) is 1. The van der Waals surface area contributed by atoms with Gasteiger partial charge in [0, 0.05) is 29.6 Å². The smallest absolute Gasteiger partial charge is 0.251 e. The summed E-state index contributed by atoms with van der Waals surface area (Å²) in [5.41, 5.74) is 6.24. The van der Waals surface area contributed by atoms with Crippen molar-refractivity contribution in [3.8, 4) is 17.0 Å². The van der Waals surface area contributed by atoms with Crippen LogP contribution < -0.4 is 10.8 Å². The molecule has 1 aliphatic carbocycles. The number of phenolic OH excluding ortho intramolecular Hbond substituents is 1. The van der Waals surface area contributed by atoms with Crippen molar-refractivity contribution < 1.29 is 9.90 Å². The van der Waals surface area contributed by atoms with Crippen LogP contribution in [-0.2, 0) is 6.42 Å². The molecule has 1 amide bonds. The van der Waals surface area contributed by atoms with E-state index in [1.165, 1.54) is 37.7 Å². The fourth-order valence-electron chi connectivity index (χ4n) is 5.06. The fraction of sp³-hybridized carbons (Fsp3) is 0.321. The minimum atomic E-state index is -0.0371. The van der Waals surface area contributed by atoms with Gasteiger partial charge in [0.2, 0.25) is 0 Å². The molecule has 5 rings (SSSR count). The summed E-state index contributed by atoms with van der Waals surface area (Å²) in [6.45, 7) is 0.569. The average molecular weight is 466 g/mol. The number of aromatic nitrogens is 3. The van der Waals surface area contributed by atoms with Gasteiger partial charge >= 0.3 is 0 Å². The summed E-state index contributed by atoms with van der Waals surface area (Å²) in [5.74, 6) is 0.811. The molecule has 1 saturated carbocycles. The van der Waals surface area contributed by atoms with E-state index < -0.39 is 0 Å². The van der Waals surface area contributed by atoms with Gasteiger partial charge in [0.25, 0.3) is 5.91 Å². The van der Waals surface area contributed by atoms with Gasteiger partial charge in [-0.3, -0.25) is 4.79 Å². The number of amides is 1. The third-order valence-electron chi connectivity index (χ3n) is 7.05. The summed E-state index contributed by atoms with van der Waals surface area (Å²) >= 11 is 0. The van der Waals surface area contributed by atoms with Crippen LogP contribution in [0.25, 0.3) is 16.9 Å². The summed E-state index contributed by atoms with van der Waals surface area (Å²) in [7, 11) is 1.98. The molecule has 4 aromatic rings. The van der Waals surface area contributed by atoms with Crippen molar-refractivity contribution in [2.45, 2.75) is 50.9 Å². The second-order valence-corrected chi connectivity index (χ2v) is 9.53. The lowest BCUT2D eigenvalue weighted by molar-refractivity contribution is 0.0953.